The van der Waals surface area contributed by atoms with Crippen LogP contribution in [0.3, 0.4) is 0 Å². The minimum Gasteiger partial charge on any atom is -0.396 e. The van der Waals surface area contributed by atoms with Crippen LogP contribution in [0, 0.1) is 17.8 Å². The summed E-state index contributed by atoms with van der Waals surface area (Å²) in [4.78, 5) is 0. The van der Waals surface area contributed by atoms with Crippen molar-refractivity contribution >= 4 is 0 Å². The Hall–Kier alpha value is -4.72. The maximum Gasteiger partial charge on any atom is 0.0433 e. The van der Waals surface area contributed by atoms with Crippen LogP contribution in [0.2, 0.25) is 0 Å². The highest BCUT2D eigenvalue weighted by molar-refractivity contribution is 5.15. The Morgan fingerprint density at radius 3 is 0.472 bits per heavy atom. The van der Waals surface area contributed by atoms with Crippen LogP contribution in [-0.2, 0) is 0 Å². The number of aliphatic hydroxyl groups excluding tert-OH is 1. The van der Waals surface area contributed by atoms with Gasteiger partial charge in [0.25, 0.3) is 0 Å². The molecule has 0 aromatic carbocycles. The van der Waals surface area contributed by atoms with E-state index in [1.807, 2.05) is 0 Å². The third-order valence-corrected chi connectivity index (χ3v) is 22.1. The van der Waals surface area contributed by atoms with Gasteiger partial charge in [-0.3, -0.25) is 0 Å². The van der Waals surface area contributed by atoms with Crippen molar-refractivity contribution in [2.45, 2.75) is 428 Å². The quantitative estimate of drug-likeness (QED) is 0.0602. The molecule has 0 bridgehead atoms. The van der Waals surface area contributed by atoms with Crippen LogP contribution in [0.4, 0.5) is 0 Å². The molecule has 0 aliphatic heterocycles. The van der Waals surface area contributed by atoms with E-state index in [2.05, 4.69) is 262 Å². The average Bonchev–Trinajstić information content (AvgIpc) is 1.22. The SMILES string of the molecule is CC(=CCCC(C)=CCCC(C)=CCCC(C)=CCCC(C)=CCCC(C)=CCCC(C)=CCCC(C)=CCCC(C)=CCCC(C)CCO)CCC=C(C)CCC=C(C)CCC=C(C)CCC=C(C)CCC=C(C)CCC=C(C)CCC=C(C)CCC=C(C)CCC=C(C)CCCC(C)CCCC(C)C. The molecule has 0 aliphatic rings. The van der Waals surface area contributed by atoms with Crippen LogP contribution in [0.1, 0.15) is 428 Å². The molecule has 0 heterocycles. The lowest BCUT2D eigenvalue weighted by Gasteiger charge is -2.12. The first-order valence-corrected chi connectivity index (χ1v) is 44.1. The summed E-state index contributed by atoms with van der Waals surface area (Å²) < 4.78 is 0. The molecule has 0 amide bonds. The number of aliphatic hydroxyl groups is 1. The van der Waals surface area contributed by atoms with Gasteiger partial charge in [0.1, 0.15) is 0 Å². The molecular formula is C105H176O. The number of hydrogen-bond acceptors (Lipinski definition) is 1. The van der Waals surface area contributed by atoms with Crippen LogP contribution in [0.25, 0.3) is 0 Å². The van der Waals surface area contributed by atoms with Gasteiger partial charge in [0.05, 0.1) is 0 Å². The topological polar surface area (TPSA) is 20.2 Å². The van der Waals surface area contributed by atoms with Crippen LogP contribution < -0.4 is 0 Å². The molecule has 0 aliphatic carbocycles. The second kappa shape index (κ2) is 68.3. The smallest absolute Gasteiger partial charge is 0.0433 e. The fourth-order valence-electron chi connectivity index (χ4n) is 13.9. The first-order valence-electron chi connectivity index (χ1n) is 44.1. The highest BCUT2D eigenvalue weighted by Gasteiger charge is 2.06. The predicted octanol–water partition coefficient (Wildman–Crippen LogP) is 35.7. The van der Waals surface area contributed by atoms with Crippen LogP contribution >= 0.6 is 0 Å². The fourth-order valence-corrected chi connectivity index (χ4v) is 13.9. The van der Waals surface area contributed by atoms with Crippen molar-refractivity contribution in [3.05, 3.63) is 210 Å². The number of hydrogen-bond donors (Lipinski definition) is 1. The van der Waals surface area contributed by atoms with Gasteiger partial charge < -0.3 is 5.11 Å². The lowest BCUT2D eigenvalue weighted by atomic mass is 9.94. The van der Waals surface area contributed by atoms with E-state index in [9.17, 15) is 0 Å². The zero-order chi connectivity index (χ0) is 79.0. The summed E-state index contributed by atoms with van der Waals surface area (Å²) in [6.07, 6.45) is 95.5. The molecule has 0 spiro atoms. The van der Waals surface area contributed by atoms with Crippen LogP contribution in [0.15, 0.2) is 210 Å². The maximum absolute atomic E-state index is 9.12. The lowest BCUT2D eigenvalue weighted by molar-refractivity contribution is 0.259. The summed E-state index contributed by atoms with van der Waals surface area (Å²) in [5.74, 6) is 2.33. The summed E-state index contributed by atoms with van der Waals surface area (Å²) in [7, 11) is 0. The van der Waals surface area contributed by atoms with E-state index in [4.69, 9.17) is 5.11 Å². The van der Waals surface area contributed by atoms with Gasteiger partial charge >= 0.3 is 0 Å². The summed E-state index contributed by atoms with van der Waals surface area (Å²) >= 11 is 0. The van der Waals surface area contributed by atoms with Gasteiger partial charge in [-0.25, -0.2) is 0 Å². The highest BCUT2D eigenvalue weighted by atomic mass is 16.3. The van der Waals surface area contributed by atoms with Crippen molar-refractivity contribution in [3.8, 4) is 0 Å². The van der Waals surface area contributed by atoms with Crippen molar-refractivity contribution in [1.29, 1.82) is 0 Å². The van der Waals surface area contributed by atoms with Gasteiger partial charge in [-0.1, -0.05) is 263 Å². The molecule has 0 radical (unpaired) electrons. The Labute approximate surface area is 663 Å². The molecule has 2 unspecified atom stereocenters. The van der Waals surface area contributed by atoms with Crippen molar-refractivity contribution in [2.75, 3.05) is 6.61 Å². The van der Waals surface area contributed by atoms with Crippen molar-refractivity contribution in [3.63, 3.8) is 0 Å². The second-order valence-electron chi connectivity index (χ2n) is 34.6. The zero-order valence-corrected chi connectivity index (χ0v) is 74.7. The zero-order valence-electron chi connectivity index (χ0n) is 74.7. The van der Waals surface area contributed by atoms with Crippen molar-refractivity contribution in [2.24, 2.45) is 17.8 Å². The Morgan fingerprint density at radius 2 is 0.311 bits per heavy atom. The average molecular weight is 1450 g/mol. The maximum atomic E-state index is 9.12. The van der Waals surface area contributed by atoms with Gasteiger partial charge in [-0.15, -0.1) is 0 Å². The molecule has 0 saturated carbocycles. The molecule has 1 nitrogen and oxygen atoms in total. The summed E-state index contributed by atoms with van der Waals surface area (Å²) in [5.41, 5.74) is 27.6. The van der Waals surface area contributed by atoms with Gasteiger partial charge in [-0.05, 0) is 393 Å². The minimum absolute atomic E-state index is 0.309. The van der Waals surface area contributed by atoms with Crippen LogP contribution in [0.5, 0.6) is 0 Å². The van der Waals surface area contributed by atoms with Crippen molar-refractivity contribution < 1.29 is 5.11 Å². The van der Waals surface area contributed by atoms with E-state index in [0.717, 1.165) is 134 Å². The van der Waals surface area contributed by atoms with Gasteiger partial charge in [-0.2, -0.15) is 0 Å². The number of rotatable bonds is 64. The number of allylic oxidation sites excluding steroid dienone is 36. The first kappa shape index (κ1) is 101. The predicted molar refractivity (Wildman–Crippen MR) is 486 cm³/mol. The molecule has 602 valence electrons. The molecule has 1 heteroatoms. The standard InChI is InChI=1S/C105H176O/c1-85(2)43-23-44-86(3)45-24-46-87(4)47-25-48-88(5)49-26-50-89(6)51-27-52-90(7)53-28-54-91(8)55-29-56-92(9)57-30-58-93(10)59-31-60-94(11)61-32-62-95(12)63-33-64-96(13)65-34-66-97(14)67-35-68-98(15)69-36-70-99(16)71-37-72-100(17)73-38-74-101(18)75-39-76-102(19)77-40-78-103(20)79-41-80-104(21)81-42-82-105(22)83-84-106/h47,49,51,53,55,57,59,61,63,65,67,69,71,73,75,77,79,81,85-86,105-106H,23-46,48,50,52,54,56,58,60,62,64,66,68,70,72,74,76,78,80,82-84H2,1-22H3. The van der Waals surface area contributed by atoms with E-state index < -0.39 is 0 Å². The molecule has 2 atom stereocenters. The molecule has 0 aromatic rings. The van der Waals surface area contributed by atoms with Gasteiger partial charge in [0.2, 0.25) is 0 Å². The molecule has 1 N–H and O–H groups in total. The van der Waals surface area contributed by atoms with Crippen molar-refractivity contribution in [1.82, 2.24) is 0 Å². The van der Waals surface area contributed by atoms with E-state index in [0.29, 0.717) is 12.5 Å². The molecule has 106 heavy (non-hydrogen) atoms. The Morgan fingerprint density at radius 1 is 0.170 bits per heavy atom. The fraction of sp³-hybridized carbons (Fsp3) is 0.657. The molecule has 0 saturated heterocycles. The Balaban J connectivity index is 4.35. The van der Waals surface area contributed by atoms with E-state index in [1.165, 1.54) is 238 Å². The summed E-state index contributed by atoms with van der Waals surface area (Å²) in [6, 6.07) is 0. The van der Waals surface area contributed by atoms with Gasteiger partial charge in [0, 0.05) is 6.61 Å². The molecule has 0 fully saturated rings. The monoisotopic (exact) mass is 1450 g/mol. The molecule has 0 aromatic heterocycles. The Bertz CT molecular complexity index is 2900. The van der Waals surface area contributed by atoms with Gasteiger partial charge in [0.15, 0.2) is 0 Å². The second-order valence-corrected chi connectivity index (χ2v) is 34.6. The van der Waals surface area contributed by atoms with Crippen LogP contribution in [-0.4, -0.2) is 11.7 Å². The molecule has 0 rings (SSSR count). The normalized spacial score (nSPS) is 15.7. The Kier molecular flexibility index (Phi) is 65.3. The third-order valence-electron chi connectivity index (χ3n) is 22.1. The summed E-state index contributed by atoms with van der Waals surface area (Å²) in [6.45, 7) is 51.4. The third kappa shape index (κ3) is 68.5. The molecular weight excluding hydrogens is 1280 g/mol. The van der Waals surface area contributed by atoms with E-state index in [-0.39, 0.29) is 0 Å². The first-order chi connectivity index (χ1) is 50.6. The lowest BCUT2D eigenvalue weighted by Crippen LogP contribution is -1.97. The minimum atomic E-state index is 0.309. The summed E-state index contributed by atoms with van der Waals surface area (Å²) in [5, 5.41) is 9.12. The largest absolute Gasteiger partial charge is 0.396 e. The van der Waals surface area contributed by atoms with E-state index in [1.54, 1.807) is 16.7 Å². The highest BCUT2D eigenvalue weighted by Crippen LogP contribution is 2.25. The van der Waals surface area contributed by atoms with E-state index >= 15 is 0 Å².